The molecular formula is C9H16N4. The zero-order valence-electron chi connectivity index (χ0n) is 8.20. The summed E-state index contributed by atoms with van der Waals surface area (Å²) in [6, 6.07) is 0.515. The van der Waals surface area contributed by atoms with E-state index in [-0.39, 0.29) is 0 Å². The highest BCUT2D eigenvalue weighted by Crippen LogP contribution is 2.21. The fraction of sp³-hybridized carbons (Fsp3) is 0.667. The van der Waals surface area contributed by atoms with Crippen molar-refractivity contribution in [3.8, 4) is 0 Å². The van der Waals surface area contributed by atoms with E-state index in [9.17, 15) is 0 Å². The summed E-state index contributed by atoms with van der Waals surface area (Å²) in [5.74, 6) is 0. The van der Waals surface area contributed by atoms with Gasteiger partial charge in [0.25, 0.3) is 0 Å². The van der Waals surface area contributed by atoms with Gasteiger partial charge in [-0.1, -0.05) is 0 Å². The van der Waals surface area contributed by atoms with Gasteiger partial charge in [0, 0.05) is 12.7 Å². The van der Waals surface area contributed by atoms with Crippen LogP contribution in [-0.2, 0) is 0 Å². The second kappa shape index (κ2) is 3.03. The number of hydrogen-bond donors (Lipinski definition) is 1. The first-order valence-electron chi connectivity index (χ1n) is 4.66. The number of rotatable bonds is 1. The number of likely N-dealkylation sites (N-methyl/N-ethyl adjacent to an activating group) is 1. The van der Waals surface area contributed by atoms with Crippen LogP contribution in [0.15, 0.2) is 6.20 Å². The summed E-state index contributed by atoms with van der Waals surface area (Å²) in [6.45, 7) is 4.19. The molecule has 0 saturated carbocycles. The molecule has 1 aliphatic heterocycles. The number of aromatic nitrogens is 2. The Balaban J connectivity index is 2.17. The van der Waals surface area contributed by atoms with Crippen molar-refractivity contribution in [2.45, 2.75) is 19.4 Å². The molecule has 13 heavy (non-hydrogen) atoms. The van der Waals surface area contributed by atoms with E-state index in [0.29, 0.717) is 6.04 Å². The van der Waals surface area contributed by atoms with Crippen molar-refractivity contribution in [3.63, 3.8) is 0 Å². The highest BCUT2D eigenvalue weighted by molar-refractivity contribution is 5.39. The average molecular weight is 180 g/mol. The third-order valence-corrected chi connectivity index (χ3v) is 2.70. The molecular weight excluding hydrogens is 164 g/mol. The van der Waals surface area contributed by atoms with Gasteiger partial charge in [0.1, 0.15) is 0 Å². The van der Waals surface area contributed by atoms with Crippen LogP contribution in [0.5, 0.6) is 0 Å². The SMILES string of the molecule is Cc1nn([C@@H]2CCN(C)C2)cc1N. The molecule has 0 spiro atoms. The molecule has 0 aromatic carbocycles. The smallest absolute Gasteiger partial charge is 0.0823 e. The molecule has 1 fully saturated rings. The normalized spacial score (nSPS) is 24.0. The van der Waals surface area contributed by atoms with Crippen LogP contribution in [0.3, 0.4) is 0 Å². The molecule has 72 valence electrons. The first-order chi connectivity index (χ1) is 6.16. The second-order valence-electron chi connectivity index (χ2n) is 3.85. The van der Waals surface area contributed by atoms with E-state index in [1.165, 1.54) is 6.42 Å². The molecule has 2 heterocycles. The Bertz CT molecular complexity index is 285. The summed E-state index contributed by atoms with van der Waals surface area (Å²) >= 11 is 0. The van der Waals surface area contributed by atoms with Crippen LogP contribution >= 0.6 is 0 Å². The van der Waals surface area contributed by atoms with Gasteiger partial charge >= 0.3 is 0 Å². The van der Waals surface area contributed by atoms with Crippen molar-refractivity contribution in [1.82, 2.24) is 14.7 Å². The Morgan fingerprint density at radius 2 is 2.38 bits per heavy atom. The van der Waals surface area contributed by atoms with Crippen LogP contribution in [0.1, 0.15) is 18.2 Å². The molecule has 0 bridgehead atoms. The lowest BCUT2D eigenvalue weighted by molar-refractivity contribution is 0.381. The zero-order chi connectivity index (χ0) is 9.42. The third-order valence-electron chi connectivity index (χ3n) is 2.70. The number of nitrogen functional groups attached to an aromatic ring is 1. The van der Waals surface area contributed by atoms with Gasteiger partial charge in [0.05, 0.1) is 17.4 Å². The monoisotopic (exact) mass is 180 g/mol. The van der Waals surface area contributed by atoms with E-state index in [1.807, 2.05) is 17.8 Å². The lowest BCUT2D eigenvalue weighted by atomic mass is 10.3. The van der Waals surface area contributed by atoms with Crippen LogP contribution in [0.4, 0.5) is 5.69 Å². The second-order valence-corrected chi connectivity index (χ2v) is 3.85. The predicted octanol–water partition coefficient (Wildman–Crippen LogP) is 0.650. The Kier molecular flexibility index (Phi) is 2.00. The van der Waals surface area contributed by atoms with Crippen molar-refractivity contribution in [2.24, 2.45) is 0 Å². The lowest BCUT2D eigenvalue weighted by Crippen LogP contribution is -2.16. The topological polar surface area (TPSA) is 47.1 Å². The summed E-state index contributed by atoms with van der Waals surface area (Å²) in [5, 5.41) is 4.39. The average Bonchev–Trinajstić information content (AvgIpc) is 2.61. The third kappa shape index (κ3) is 1.54. The van der Waals surface area contributed by atoms with E-state index in [4.69, 9.17) is 5.73 Å². The summed E-state index contributed by atoms with van der Waals surface area (Å²) < 4.78 is 2.01. The lowest BCUT2D eigenvalue weighted by Gasteiger charge is -2.10. The molecule has 1 aromatic heterocycles. The number of hydrogen-bond acceptors (Lipinski definition) is 3. The minimum atomic E-state index is 0.515. The van der Waals surface area contributed by atoms with Gasteiger partial charge in [0.2, 0.25) is 0 Å². The Morgan fingerprint density at radius 3 is 2.85 bits per heavy atom. The molecule has 0 amide bonds. The van der Waals surface area contributed by atoms with Gasteiger partial charge in [0.15, 0.2) is 0 Å². The highest BCUT2D eigenvalue weighted by atomic mass is 15.3. The van der Waals surface area contributed by atoms with E-state index in [1.54, 1.807) is 0 Å². The van der Waals surface area contributed by atoms with Crippen LogP contribution in [-0.4, -0.2) is 34.8 Å². The summed E-state index contributed by atoms with van der Waals surface area (Å²) in [6.07, 6.45) is 3.12. The zero-order valence-corrected chi connectivity index (χ0v) is 8.20. The molecule has 2 N–H and O–H groups in total. The molecule has 0 unspecified atom stereocenters. The van der Waals surface area contributed by atoms with Crippen LogP contribution in [0.25, 0.3) is 0 Å². The number of anilines is 1. The van der Waals surface area contributed by atoms with Gasteiger partial charge in [-0.25, -0.2) is 0 Å². The molecule has 0 aliphatic carbocycles. The quantitative estimate of drug-likeness (QED) is 0.690. The van der Waals surface area contributed by atoms with Crippen LogP contribution in [0, 0.1) is 6.92 Å². The molecule has 1 saturated heterocycles. The van der Waals surface area contributed by atoms with E-state index < -0.39 is 0 Å². The number of aryl methyl sites for hydroxylation is 1. The first-order valence-corrected chi connectivity index (χ1v) is 4.66. The van der Waals surface area contributed by atoms with E-state index >= 15 is 0 Å². The van der Waals surface area contributed by atoms with Crippen molar-refractivity contribution in [1.29, 1.82) is 0 Å². The minimum absolute atomic E-state index is 0.515. The predicted molar refractivity (Wildman–Crippen MR) is 52.5 cm³/mol. The van der Waals surface area contributed by atoms with Crippen molar-refractivity contribution >= 4 is 5.69 Å². The Labute approximate surface area is 78.3 Å². The van der Waals surface area contributed by atoms with Gasteiger partial charge in [-0.3, -0.25) is 4.68 Å². The molecule has 4 nitrogen and oxygen atoms in total. The van der Waals surface area contributed by atoms with Crippen molar-refractivity contribution in [3.05, 3.63) is 11.9 Å². The van der Waals surface area contributed by atoms with Crippen molar-refractivity contribution in [2.75, 3.05) is 25.9 Å². The highest BCUT2D eigenvalue weighted by Gasteiger charge is 2.21. The van der Waals surface area contributed by atoms with Gasteiger partial charge in [-0.15, -0.1) is 0 Å². The molecule has 4 heteroatoms. The maximum Gasteiger partial charge on any atom is 0.0823 e. The minimum Gasteiger partial charge on any atom is -0.396 e. The Morgan fingerprint density at radius 1 is 1.62 bits per heavy atom. The molecule has 1 atom stereocenters. The van der Waals surface area contributed by atoms with Crippen molar-refractivity contribution < 1.29 is 0 Å². The van der Waals surface area contributed by atoms with Crippen LogP contribution < -0.4 is 5.73 Å². The van der Waals surface area contributed by atoms with Crippen LogP contribution in [0.2, 0.25) is 0 Å². The van der Waals surface area contributed by atoms with E-state index in [2.05, 4.69) is 17.0 Å². The van der Waals surface area contributed by atoms with Gasteiger partial charge < -0.3 is 10.6 Å². The standard InChI is InChI=1S/C9H16N4/c1-7-9(10)6-13(11-7)8-3-4-12(2)5-8/h6,8H,3-5,10H2,1-2H3/t8-/m1/s1. The van der Waals surface area contributed by atoms with Gasteiger partial charge in [-0.2, -0.15) is 5.10 Å². The number of nitrogens with zero attached hydrogens (tertiary/aromatic N) is 3. The first kappa shape index (κ1) is 8.56. The Hall–Kier alpha value is -1.03. The maximum atomic E-state index is 5.75. The fourth-order valence-electron chi connectivity index (χ4n) is 1.81. The molecule has 2 rings (SSSR count). The summed E-state index contributed by atoms with van der Waals surface area (Å²) in [5.41, 5.74) is 7.49. The largest absolute Gasteiger partial charge is 0.396 e. The number of nitrogens with two attached hydrogens (primary N) is 1. The van der Waals surface area contributed by atoms with E-state index in [0.717, 1.165) is 24.5 Å². The number of likely N-dealkylation sites (tertiary alicyclic amines) is 1. The summed E-state index contributed by atoms with van der Waals surface area (Å²) in [4.78, 5) is 2.32. The molecule has 1 aromatic rings. The fourth-order valence-corrected chi connectivity index (χ4v) is 1.81. The molecule has 0 radical (unpaired) electrons. The van der Waals surface area contributed by atoms with Gasteiger partial charge in [-0.05, 0) is 26.9 Å². The molecule has 1 aliphatic rings. The summed E-state index contributed by atoms with van der Waals surface area (Å²) in [7, 11) is 2.14. The maximum absolute atomic E-state index is 5.75.